The van der Waals surface area contributed by atoms with Gasteiger partial charge in [0.15, 0.2) is 0 Å². The minimum absolute atomic E-state index is 0.268. The Morgan fingerprint density at radius 2 is 1.62 bits per heavy atom. The molecule has 0 radical (unpaired) electrons. The number of phenols is 1. The average molecular weight is 274 g/mol. The van der Waals surface area contributed by atoms with Crippen LogP contribution in [0.5, 0.6) is 5.75 Å². The highest BCUT2D eigenvalue weighted by Gasteiger charge is 2.12. The molecule has 1 heterocycles. The van der Waals surface area contributed by atoms with Crippen LogP contribution < -0.4 is 0 Å². The summed E-state index contributed by atoms with van der Waals surface area (Å²) in [6.07, 6.45) is 0. The van der Waals surface area contributed by atoms with Gasteiger partial charge in [0.25, 0.3) is 0 Å². The molecule has 4 rings (SSSR count). The van der Waals surface area contributed by atoms with E-state index in [0.29, 0.717) is 0 Å². The van der Waals surface area contributed by atoms with Crippen molar-refractivity contribution in [1.82, 2.24) is 9.78 Å². The molecule has 21 heavy (non-hydrogen) atoms. The number of aryl methyl sites for hydroxylation is 1. The zero-order valence-corrected chi connectivity index (χ0v) is 11.6. The van der Waals surface area contributed by atoms with Crippen molar-refractivity contribution in [2.45, 2.75) is 0 Å². The van der Waals surface area contributed by atoms with Gasteiger partial charge in [0, 0.05) is 23.4 Å². The van der Waals surface area contributed by atoms with Crippen molar-refractivity contribution in [3.8, 4) is 17.0 Å². The van der Waals surface area contributed by atoms with Crippen molar-refractivity contribution in [2.24, 2.45) is 7.05 Å². The van der Waals surface area contributed by atoms with E-state index in [1.807, 2.05) is 29.9 Å². The number of aromatic nitrogens is 2. The van der Waals surface area contributed by atoms with E-state index in [4.69, 9.17) is 0 Å². The predicted molar refractivity (Wildman–Crippen MR) is 85.3 cm³/mol. The number of aromatic hydroxyl groups is 1. The largest absolute Gasteiger partial charge is 0.508 e. The van der Waals surface area contributed by atoms with E-state index in [-0.39, 0.29) is 5.75 Å². The fourth-order valence-corrected chi connectivity index (χ4v) is 2.88. The Bertz CT molecular complexity index is 952. The Morgan fingerprint density at radius 3 is 2.43 bits per heavy atom. The van der Waals surface area contributed by atoms with Gasteiger partial charge in [-0.3, -0.25) is 4.68 Å². The maximum atomic E-state index is 9.44. The summed E-state index contributed by atoms with van der Waals surface area (Å²) in [5.41, 5.74) is 3.09. The number of fused-ring (bicyclic) bond motifs is 3. The van der Waals surface area contributed by atoms with Crippen LogP contribution in [0.3, 0.4) is 0 Å². The van der Waals surface area contributed by atoms with E-state index < -0.39 is 0 Å². The number of benzene rings is 3. The van der Waals surface area contributed by atoms with Crippen LogP contribution in [0, 0.1) is 0 Å². The minimum Gasteiger partial charge on any atom is -0.508 e. The average Bonchev–Trinajstić information content (AvgIpc) is 2.86. The second-order valence-electron chi connectivity index (χ2n) is 5.20. The second kappa shape index (κ2) is 4.35. The fourth-order valence-electron chi connectivity index (χ4n) is 2.88. The molecule has 4 aromatic rings. The first-order valence-electron chi connectivity index (χ1n) is 6.88. The van der Waals surface area contributed by atoms with Gasteiger partial charge in [-0.25, -0.2) is 0 Å². The van der Waals surface area contributed by atoms with Gasteiger partial charge in [-0.05, 0) is 35.7 Å². The molecular formula is C18H14N2O. The maximum absolute atomic E-state index is 9.44. The Balaban J connectivity index is 2.08. The van der Waals surface area contributed by atoms with E-state index in [1.165, 1.54) is 10.8 Å². The first-order valence-corrected chi connectivity index (χ1v) is 6.88. The van der Waals surface area contributed by atoms with Gasteiger partial charge in [-0.1, -0.05) is 30.3 Å². The highest BCUT2D eigenvalue weighted by atomic mass is 16.3. The molecule has 3 nitrogen and oxygen atoms in total. The van der Waals surface area contributed by atoms with Gasteiger partial charge in [-0.15, -0.1) is 0 Å². The first kappa shape index (κ1) is 12.0. The summed E-state index contributed by atoms with van der Waals surface area (Å²) >= 11 is 0. The molecule has 0 aliphatic carbocycles. The molecule has 1 aromatic heterocycles. The molecule has 0 aliphatic rings. The van der Waals surface area contributed by atoms with Gasteiger partial charge in [0.05, 0.1) is 5.52 Å². The Morgan fingerprint density at radius 1 is 0.857 bits per heavy atom. The van der Waals surface area contributed by atoms with Crippen LogP contribution in [0.2, 0.25) is 0 Å². The summed E-state index contributed by atoms with van der Waals surface area (Å²) in [6.45, 7) is 0. The lowest BCUT2D eigenvalue weighted by Crippen LogP contribution is -1.90. The van der Waals surface area contributed by atoms with Crippen molar-refractivity contribution in [2.75, 3.05) is 0 Å². The van der Waals surface area contributed by atoms with Crippen LogP contribution in [0.25, 0.3) is 32.9 Å². The molecule has 102 valence electrons. The van der Waals surface area contributed by atoms with Crippen LogP contribution in [0.15, 0.2) is 60.7 Å². The quantitative estimate of drug-likeness (QED) is 0.567. The highest BCUT2D eigenvalue weighted by Crippen LogP contribution is 2.32. The van der Waals surface area contributed by atoms with Crippen LogP contribution in [0.4, 0.5) is 0 Å². The lowest BCUT2D eigenvalue weighted by atomic mass is 10.0. The first-order chi connectivity index (χ1) is 10.2. The van der Waals surface area contributed by atoms with Crippen molar-refractivity contribution < 1.29 is 5.11 Å². The summed E-state index contributed by atoms with van der Waals surface area (Å²) in [6, 6.07) is 19.8. The van der Waals surface area contributed by atoms with E-state index >= 15 is 0 Å². The molecule has 3 heteroatoms. The summed E-state index contributed by atoms with van der Waals surface area (Å²) in [5, 5.41) is 17.7. The van der Waals surface area contributed by atoms with Crippen molar-refractivity contribution >= 4 is 21.7 Å². The highest BCUT2D eigenvalue weighted by molar-refractivity contribution is 6.09. The lowest BCUT2D eigenvalue weighted by molar-refractivity contribution is 0.475. The molecule has 1 N–H and O–H groups in total. The monoisotopic (exact) mass is 274 g/mol. The summed E-state index contributed by atoms with van der Waals surface area (Å²) in [7, 11) is 1.97. The van der Waals surface area contributed by atoms with E-state index in [0.717, 1.165) is 22.2 Å². The molecule has 0 saturated carbocycles. The van der Waals surface area contributed by atoms with Crippen molar-refractivity contribution in [3.05, 3.63) is 60.7 Å². The molecule has 3 aromatic carbocycles. The number of nitrogens with zero attached hydrogens (tertiary/aromatic N) is 2. The third-order valence-corrected chi connectivity index (χ3v) is 3.87. The molecule has 0 atom stereocenters. The molecule has 0 fully saturated rings. The Labute approximate surface area is 122 Å². The number of rotatable bonds is 1. The predicted octanol–water partition coefficient (Wildman–Crippen LogP) is 4.10. The molecule has 0 unspecified atom stereocenters. The maximum Gasteiger partial charge on any atom is 0.115 e. The molecule has 0 amide bonds. The standard InChI is InChI=1S/C18H14N2O/c1-20-18-15-5-3-2-4-12(15)8-11-16(18)17(19-20)13-6-9-14(21)10-7-13/h2-11,21H,1H3. The Hall–Kier alpha value is -2.81. The van der Waals surface area contributed by atoms with Gasteiger partial charge in [0.2, 0.25) is 0 Å². The second-order valence-corrected chi connectivity index (χ2v) is 5.20. The van der Waals surface area contributed by atoms with Gasteiger partial charge < -0.3 is 5.11 Å². The molecule has 0 bridgehead atoms. The molecule has 0 aliphatic heterocycles. The van der Waals surface area contributed by atoms with Crippen molar-refractivity contribution in [3.63, 3.8) is 0 Å². The molecule has 0 saturated heterocycles. The summed E-state index contributed by atoms with van der Waals surface area (Å²) in [4.78, 5) is 0. The van der Waals surface area contributed by atoms with E-state index in [9.17, 15) is 5.11 Å². The van der Waals surface area contributed by atoms with Crippen LogP contribution >= 0.6 is 0 Å². The van der Waals surface area contributed by atoms with E-state index in [2.05, 4.69) is 35.4 Å². The number of hydrogen-bond acceptors (Lipinski definition) is 2. The Kier molecular flexibility index (Phi) is 2.48. The smallest absolute Gasteiger partial charge is 0.115 e. The van der Waals surface area contributed by atoms with Gasteiger partial charge >= 0.3 is 0 Å². The van der Waals surface area contributed by atoms with Crippen LogP contribution in [-0.4, -0.2) is 14.9 Å². The number of phenolic OH excluding ortho intramolecular Hbond substituents is 1. The lowest BCUT2D eigenvalue weighted by Gasteiger charge is -2.01. The van der Waals surface area contributed by atoms with Crippen LogP contribution in [0.1, 0.15) is 0 Å². The van der Waals surface area contributed by atoms with Crippen LogP contribution in [-0.2, 0) is 7.05 Å². The third-order valence-electron chi connectivity index (χ3n) is 3.87. The van der Waals surface area contributed by atoms with Gasteiger partial charge in [0.1, 0.15) is 11.4 Å². The van der Waals surface area contributed by atoms with Crippen molar-refractivity contribution in [1.29, 1.82) is 0 Å². The topological polar surface area (TPSA) is 38.0 Å². The zero-order valence-electron chi connectivity index (χ0n) is 11.6. The fraction of sp³-hybridized carbons (Fsp3) is 0.0556. The molecule has 0 spiro atoms. The SMILES string of the molecule is Cn1nc(-c2ccc(O)cc2)c2ccc3ccccc3c21. The minimum atomic E-state index is 0.268. The normalized spacial score (nSPS) is 11.3. The third kappa shape index (κ3) is 1.78. The van der Waals surface area contributed by atoms with Gasteiger partial charge in [-0.2, -0.15) is 5.10 Å². The number of hydrogen-bond donors (Lipinski definition) is 1. The van der Waals surface area contributed by atoms with E-state index in [1.54, 1.807) is 12.1 Å². The summed E-state index contributed by atoms with van der Waals surface area (Å²) < 4.78 is 1.93. The molecular weight excluding hydrogens is 260 g/mol. The summed E-state index contributed by atoms with van der Waals surface area (Å²) in [5.74, 6) is 0.268. The zero-order chi connectivity index (χ0) is 14.4.